The first-order valence-electron chi connectivity index (χ1n) is 10.4. The lowest BCUT2D eigenvalue weighted by molar-refractivity contribution is -0.184. The molecule has 0 aromatic rings. The molecule has 0 aromatic carbocycles. The van der Waals surface area contributed by atoms with Gasteiger partial charge in [0.25, 0.3) is 0 Å². The van der Waals surface area contributed by atoms with Crippen LogP contribution in [0.1, 0.15) is 54.4 Å². The Labute approximate surface area is 195 Å². The highest BCUT2D eigenvalue weighted by molar-refractivity contribution is 5.96. The Bertz CT molecular complexity index is 815. The van der Waals surface area contributed by atoms with Gasteiger partial charge in [0.2, 0.25) is 0 Å². The summed E-state index contributed by atoms with van der Waals surface area (Å²) in [6.45, 7) is 7.98. The first-order valence-corrected chi connectivity index (χ1v) is 10.4. The zero-order valence-corrected chi connectivity index (χ0v) is 19.8. The Morgan fingerprint density at radius 2 is 1.00 bits per heavy atom. The molecule has 0 aliphatic carbocycles. The van der Waals surface area contributed by atoms with Gasteiger partial charge in [-0.2, -0.15) is 0 Å². The lowest BCUT2D eigenvalue weighted by Gasteiger charge is -2.27. The van der Waals surface area contributed by atoms with E-state index in [1.807, 2.05) is 0 Å². The van der Waals surface area contributed by atoms with Crippen LogP contribution in [0.15, 0.2) is 0 Å². The highest BCUT2D eigenvalue weighted by Crippen LogP contribution is 2.25. The number of carboxylic acid groups (broad SMARTS) is 2. The number of carbonyl (C=O) groups is 6. The van der Waals surface area contributed by atoms with Crippen molar-refractivity contribution in [1.29, 1.82) is 0 Å². The monoisotopic (exact) mass is 492 g/mol. The van der Waals surface area contributed by atoms with Crippen LogP contribution in [-0.4, -0.2) is 78.7 Å². The first-order chi connectivity index (χ1) is 15.3. The fourth-order valence-electron chi connectivity index (χ4n) is 2.83. The molecule has 5 N–H and O–H groups in total. The number of carboxylic acids is 2. The van der Waals surface area contributed by atoms with Crippen LogP contribution < -0.4 is 0 Å². The summed E-state index contributed by atoms with van der Waals surface area (Å²) in [6.07, 6.45) is -4.56. The molecule has 0 amide bonds. The minimum Gasteiger partial charge on any atom is -0.479 e. The van der Waals surface area contributed by atoms with E-state index in [0.29, 0.717) is 0 Å². The van der Waals surface area contributed by atoms with Crippen molar-refractivity contribution in [1.82, 2.24) is 0 Å². The van der Waals surface area contributed by atoms with Crippen molar-refractivity contribution in [2.45, 2.75) is 71.7 Å². The van der Waals surface area contributed by atoms with E-state index < -0.39 is 89.6 Å². The van der Waals surface area contributed by atoms with Crippen LogP contribution in [0.25, 0.3) is 0 Å². The molecular weight excluding hydrogens is 460 g/mol. The number of esters is 4. The van der Waals surface area contributed by atoms with Crippen LogP contribution in [-0.2, 0) is 38.2 Å². The Balaban J connectivity index is 5.43. The molecule has 0 aliphatic rings. The van der Waals surface area contributed by atoms with E-state index in [0.717, 1.165) is 0 Å². The summed E-state index contributed by atoms with van der Waals surface area (Å²) < 4.78 is 8.89. The maximum Gasteiger partial charge on any atom is 0.343 e. The number of hydrogen-bond donors (Lipinski definition) is 5. The largest absolute Gasteiger partial charge is 0.479 e. The van der Waals surface area contributed by atoms with Gasteiger partial charge in [-0.1, -0.05) is 41.5 Å². The van der Waals surface area contributed by atoms with E-state index >= 15 is 0 Å². The van der Waals surface area contributed by atoms with E-state index in [4.69, 9.17) is 10.2 Å². The molecule has 34 heavy (non-hydrogen) atoms. The molecule has 4 atom stereocenters. The molecule has 13 nitrogen and oxygen atoms in total. The second-order valence-electron chi connectivity index (χ2n) is 8.92. The van der Waals surface area contributed by atoms with Gasteiger partial charge in [0.05, 0.1) is 18.8 Å². The number of carbonyl (C=O) groups excluding carboxylic acids is 4. The predicted octanol–water partition coefficient (Wildman–Crippen LogP) is -0.517. The molecule has 0 fully saturated rings. The Morgan fingerprint density at radius 3 is 1.26 bits per heavy atom. The van der Waals surface area contributed by atoms with Crippen LogP contribution in [0.2, 0.25) is 0 Å². The highest BCUT2D eigenvalue weighted by atomic mass is 16.6. The Hall–Kier alpha value is -2.90. The van der Waals surface area contributed by atoms with Crippen LogP contribution >= 0.6 is 0 Å². The van der Waals surface area contributed by atoms with Gasteiger partial charge in [0.15, 0.2) is 17.3 Å². The molecule has 0 radical (unpaired) electrons. The van der Waals surface area contributed by atoms with Gasteiger partial charge in [-0.05, 0) is 17.8 Å². The zero-order valence-electron chi connectivity index (χ0n) is 19.8. The van der Waals surface area contributed by atoms with E-state index in [1.165, 1.54) is 41.5 Å². The number of rotatable bonds is 12. The average molecular weight is 492 g/mol. The molecule has 0 rings (SSSR count). The minimum absolute atomic E-state index is 0.854. The fraction of sp³-hybridized carbons (Fsp3) is 0.714. The second kappa shape index (κ2) is 12.0. The maximum atomic E-state index is 12.4. The second-order valence-corrected chi connectivity index (χ2v) is 8.92. The molecule has 0 aromatic heterocycles. The maximum absolute atomic E-state index is 12.4. The number of aliphatic carboxylic acids is 2. The van der Waals surface area contributed by atoms with E-state index in [2.05, 4.69) is 9.47 Å². The molecule has 0 saturated carbocycles. The topological polar surface area (TPSA) is 222 Å². The van der Waals surface area contributed by atoms with Gasteiger partial charge in [-0.15, -0.1) is 0 Å². The average Bonchev–Trinajstić information content (AvgIpc) is 2.66. The van der Waals surface area contributed by atoms with Gasteiger partial charge in [-0.3, -0.25) is 14.4 Å². The third kappa shape index (κ3) is 7.57. The fourth-order valence-corrected chi connectivity index (χ4v) is 2.83. The quantitative estimate of drug-likeness (QED) is 0.171. The summed E-state index contributed by atoms with van der Waals surface area (Å²) >= 11 is 0. The molecule has 0 bridgehead atoms. The standard InChI is InChI=1S/C21H32O13/c1-9(2)14(16(25)33-12(22)7-20(31,10(3)4)18(27)28)15(24)17(26)34-13(23)8-21(32,11(5)6)19(29)30/h9-11,14-15,24,31-32H,7-8H2,1-6H3,(H,27,28)(H,29,30). The molecule has 0 saturated heterocycles. The lowest BCUT2D eigenvalue weighted by Crippen LogP contribution is -2.48. The number of aliphatic hydroxyl groups is 3. The first kappa shape index (κ1) is 31.1. The Kier molecular flexibility index (Phi) is 11.0. The number of aliphatic hydroxyl groups excluding tert-OH is 1. The van der Waals surface area contributed by atoms with E-state index in [9.17, 15) is 44.1 Å². The molecule has 4 unspecified atom stereocenters. The van der Waals surface area contributed by atoms with Crippen LogP contribution in [0, 0.1) is 23.7 Å². The van der Waals surface area contributed by atoms with Crippen LogP contribution in [0.5, 0.6) is 0 Å². The predicted molar refractivity (Wildman–Crippen MR) is 111 cm³/mol. The summed E-state index contributed by atoms with van der Waals surface area (Å²) in [7, 11) is 0. The molecule has 194 valence electrons. The number of hydrogen-bond acceptors (Lipinski definition) is 11. The summed E-state index contributed by atoms with van der Waals surface area (Å²) in [5.41, 5.74) is -5.09. The normalized spacial score (nSPS) is 16.8. The van der Waals surface area contributed by atoms with E-state index in [1.54, 1.807) is 0 Å². The third-order valence-electron chi connectivity index (χ3n) is 5.48. The van der Waals surface area contributed by atoms with Crippen LogP contribution in [0.4, 0.5) is 0 Å². The summed E-state index contributed by atoms with van der Waals surface area (Å²) in [6, 6.07) is 0. The highest BCUT2D eigenvalue weighted by Gasteiger charge is 2.46. The van der Waals surface area contributed by atoms with Crippen molar-refractivity contribution in [3.8, 4) is 0 Å². The molecule has 0 heterocycles. The van der Waals surface area contributed by atoms with Gasteiger partial charge in [-0.25, -0.2) is 14.4 Å². The van der Waals surface area contributed by atoms with Crippen LogP contribution in [0.3, 0.4) is 0 Å². The lowest BCUT2D eigenvalue weighted by atomic mass is 9.87. The molecular formula is C21H32O13. The van der Waals surface area contributed by atoms with Crippen molar-refractivity contribution in [3.63, 3.8) is 0 Å². The smallest absolute Gasteiger partial charge is 0.343 e. The van der Waals surface area contributed by atoms with Crippen molar-refractivity contribution >= 4 is 35.8 Å². The van der Waals surface area contributed by atoms with Crippen molar-refractivity contribution in [2.24, 2.45) is 23.7 Å². The van der Waals surface area contributed by atoms with Crippen molar-refractivity contribution < 1.29 is 63.8 Å². The van der Waals surface area contributed by atoms with Gasteiger partial charge in [0, 0.05) is 0 Å². The van der Waals surface area contributed by atoms with E-state index in [-0.39, 0.29) is 0 Å². The summed E-state index contributed by atoms with van der Waals surface area (Å²) in [4.78, 5) is 71.2. The van der Waals surface area contributed by atoms with Gasteiger partial charge < -0.3 is 35.0 Å². The SMILES string of the molecule is CC(C)C(C(=O)OC(=O)CC(O)(C(=O)O)C(C)C)C(O)C(=O)OC(=O)CC(O)(C(=O)O)C(C)C. The van der Waals surface area contributed by atoms with Crippen molar-refractivity contribution in [3.05, 3.63) is 0 Å². The summed E-state index contributed by atoms with van der Waals surface area (Å²) in [5, 5.41) is 48.7. The Morgan fingerprint density at radius 1 is 0.676 bits per heavy atom. The zero-order chi connectivity index (χ0) is 27.2. The number of ether oxygens (including phenoxy) is 2. The summed E-state index contributed by atoms with van der Waals surface area (Å²) in [5.74, 6) is -14.0. The third-order valence-corrected chi connectivity index (χ3v) is 5.48. The van der Waals surface area contributed by atoms with Gasteiger partial charge >= 0.3 is 35.8 Å². The minimum atomic E-state index is -2.55. The molecule has 0 spiro atoms. The van der Waals surface area contributed by atoms with Gasteiger partial charge in [0.1, 0.15) is 0 Å². The van der Waals surface area contributed by atoms with Crippen molar-refractivity contribution in [2.75, 3.05) is 0 Å². The molecule has 0 aliphatic heterocycles. The molecule has 13 heteroatoms.